The Bertz CT molecular complexity index is 2180. The van der Waals surface area contributed by atoms with Crippen molar-refractivity contribution in [3.63, 3.8) is 0 Å². The molecule has 3 aliphatic heterocycles. The first-order valence-electron chi connectivity index (χ1n) is 20.9. The molecule has 0 spiro atoms. The molecule has 4 aromatic carbocycles. The van der Waals surface area contributed by atoms with E-state index in [1.165, 1.54) is 15.3 Å². The van der Waals surface area contributed by atoms with Crippen LogP contribution in [0.3, 0.4) is 0 Å². The van der Waals surface area contributed by atoms with E-state index in [2.05, 4.69) is 90.1 Å². The Labute approximate surface area is 348 Å². The van der Waals surface area contributed by atoms with E-state index in [4.69, 9.17) is 23.9 Å². The maximum Gasteiger partial charge on any atom is 0.407 e. The van der Waals surface area contributed by atoms with E-state index in [9.17, 15) is 15.0 Å². The molecule has 1 aromatic heterocycles. The highest BCUT2D eigenvalue weighted by Gasteiger charge is 2.51. The Morgan fingerprint density at radius 3 is 2.27 bits per heavy atom. The number of carboxylic acid groups (broad SMARTS) is 1. The zero-order valence-corrected chi connectivity index (χ0v) is 35.4. The molecule has 2 fully saturated rings. The van der Waals surface area contributed by atoms with Gasteiger partial charge in [-0.2, -0.15) is 9.97 Å². The lowest BCUT2D eigenvalue weighted by Gasteiger charge is -2.47. The van der Waals surface area contributed by atoms with Crippen molar-refractivity contribution in [3.8, 4) is 11.8 Å². The average molecular weight is 817 g/mol. The minimum Gasteiger partial charge on any atom is -0.508 e. The quantitative estimate of drug-likeness (QED) is 0.118. The number of morpholine rings is 1. The van der Waals surface area contributed by atoms with Crippen molar-refractivity contribution >= 4 is 47.1 Å². The van der Waals surface area contributed by atoms with Crippen LogP contribution in [0.5, 0.6) is 11.8 Å². The molecule has 310 valence electrons. The Morgan fingerprint density at radius 2 is 1.58 bits per heavy atom. The fraction of sp³-hybridized carbons (Fsp3) is 0.413. The summed E-state index contributed by atoms with van der Waals surface area (Å²) < 4.78 is 19.4. The predicted octanol–water partition coefficient (Wildman–Crippen LogP) is 5.74. The monoisotopic (exact) mass is 816 g/mol. The van der Waals surface area contributed by atoms with Gasteiger partial charge in [-0.25, -0.2) is 4.79 Å². The first-order valence-corrected chi connectivity index (χ1v) is 22.8. The van der Waals surface area contributed by atoms with Crippen molar-refractivity contribution in [2.45, 2.75) is 51.2 Å². The Balaban J connectivity index is 1.15. The lowest BCUT2D eigenvalue weighted by atomic mass is 10.0. The summed E-state index contributed by atoms with van der Waals surface area (Å²) in [4.78, 5) is 31.3. The van der Waals surface area contributed by atoms with E-state index in [1.807, 2.05) is 36.4 Å². The summed E-state index contributed by atoms with van der Waals surface area (Å²) in [6.07, 6.45) is 0.541. The van der Waals surface area contributed by atoms with Crippen molar-refractivity contribution in [1.29, 1.82) is 0 Å². The molecule has 0 radical (unpaired) electrons. The number of aromatic nitrogens is 2. The van der Waals surface area contributed by atoms with Crippen LogP contribution in [0.1, 0.15) is 38.4 Å². The van der Waals surface area contributed by atoms with Gasteiger partial charge >= 0.3 is 12.1 Å². The van der Waals surface area contributed by atoms with Gasteiger partial charge in [0.25, 0.3) is 8.32 Å². The Morgan fingerprint density at radius 1 is 0.881 bits per heavy atom. The van der Waals surface area contributed by atoms with Gasteiger partial charge in [-0.05, 0) is 39.7 Å². The van der Waals surface area contributed by atoms with Crippen LogP contribution in [0.25, 0.3) is 10.8 Å². The largest absolute Gasteiger partial charge is 0.508 e. The maximum absolute atomic E-state index is 12.6. The number of hydrogen-bond acceptors (Lipinski definition) is 10. The molecule has 8 rings (SSSR count). The summed E-state index contributed by atoms with van der Waals surface area (Å²) in [7, 11) is -2.95. The van der Waals surface area contributed by atoms with Crippen LogP contribution in [0.4, 0.5) is 16.3 Å². The number of phenols is 1. The fourth-order valence-electron chi connectivity index (χ4n) is 9.14. The highest BCUT2D eigenvalue weighted by Crippen LogP contribution is 2.39. The van der Waals surface area contributed by atoms with Crippen molar-refractivity contribution in [2.75, 3.05) is 82.0 Å². The van der Waals surface area contributed by atoms with E-state index in [1.54, 1.807) is 6.07 Å². The molecular formula is C46H56N6O6Si. The van der Waals surface area contributed by atoms with E-state index < -0.39 is 14.4 Å². The number of ether oxygens (including phenoxy) is 2. The molecular weight excluding hydrogens is 761 g/mol. The number of fused-ring (bicyclic) bond motifs is 2. The SMILES string of the molecule is CC(C)(C)[Si](OCC1CN(C(=O)O)CCN1c1nc(OCCCN2CCOCC2)nc2c1CCN(c1cc(O)cc3ccccc13)C2)(c1ccccc1)c1ccccc1. The zero-order valence-electron chi connectivity index (χ0n) is 34.4. The number of hydrogen-bond donors (Lipinski definition) is 2. The zero-order chi connectivity index (χ0) is 41.0. The van der Waals surface area contributed by atoms with Crippen molar-refractivity contribution in [3.05, 3.63) is 108 Å². The van der Waals surface area contributed by atoms with Crippen molar-refractivity contribution in [2.24, 2.45) is 0 Å². The molecule has 2 N–H and O–H groups in total. The summed E-state index contributed by atoms with van der Waals surface area (Å²) in [6, 6.07) is 32.8. The fourth-order valence-corrected chi connectivity index (χ4v) is 13.7. The molecule has 5 aromatic rings. The molecule has 13 heteroatoms. The van der Waals surface area contributed by atoms with Gasteiger partial charge in [-0.1, -0.05) is 106 Å². The van der Waals surface area contributed by atoms with Gasteiger partial charge in [0.15, 0.2) is 0 Å². The second-order valence-corrected chi connectivity index (χ2v) is 21.1. The molecule has 1 unspecified atom stereocenters. The second kappa shape index (κ2) is 17.6. The third-order valence-electron chi connectivity index (χ3n) is 12.1. The highest BCUT2D eigenvalue weighted by molar-refractivity contribution is 6.99. The predicted molar refractivity (Wildman–Crippen MR) is 234 cm³/mol. The topological polar surface area (TPSA) is 124 Å². The molecule has 0 saturated carbocycles. The first kappa shape index (κ1) is 40.6. The number of carbonyl (C=O) groups is 1. The van der Waals surface area contributed by atoms with Crippen LogP contribution in [-0.4, -0.2) is 123 Å². The normalized spacial score (nSPS) is 17.9. The summed E-state index contributed by atoms with van der Waals surface area (Å²) in [5.74, 6) is 0.997. The molecule has 0 aliphatic carbocycles. The molecule has 59 heavy (non-hydrogen) atoms. The number of phenolic OH excluding ortho intramolecular Hbond substituents is 1. The van der Waals surface area contributed by atoms with E-state index in [0.29, 0.717) is 51.8 Å². The van der Waals surface area contributed by atoms with E-state index in [0.717, 1.165) is 72.8 Å². The van der Waals surface area contributed by atoms with Crippen molar-refractivity contribution in [1.82, 2.24) is 19.8 Å². The van der Waals surface area contributed by atoms with Crippen LogP contribution in [0.15, 0.2) is 97.1 Å². The van der Waals surface area contributed by atoms with Crippen LogP contribution < -0.4 is 24.9 Å². The van der Waals surface area contributed by atoms with Gasteiger partial charge < -0.3 is 38.8 Å². The summed E-state index contributed by atoms with van der Waals surface area (Å²) in [5, 5.41) is 25.2. The number of benzene rings is 4. The molecule has 4 heterocycles. The Kier molecular flexibility index (Phi) is 12.1. The molecule has 12 nitrogen and oxygen atoms in total. The third-order valence-corrected chi connectivity index (χ3v) is 17.1. The third kappa shape index (κ3) is 8.61. The van der Waals surface area contributed by atoms with Crippen LogP contribution in [-0.2, 0) is 22.1 Å². The standard InChI is InChI=1S/C46H56N6O6Si/c1-46(2,3)59(37-14-6-4-7-15-37,38-16-8-5-9-17-38)58-33-35-31-51(45(54)55)22-23-52(35)43-40-19-21-50(42-30-36(53)29-34-13-10-11-18-39(34)42)32-41(40)47-44(48-43)57-26-12-20-49-24-27-56-28-25-49/h4-11,13-18,29-30,35,53H,12,19-28,31-33H2,1-3H3,(H,54,55). The van der Waals surface area contributed by atoms with Crippen LogP contribution in [0.2, 0.25) is 5.04 Å². The number of aromatic hydroxyl groups is 1. The smallest absolute Gasteiger partial charge is 0.407 e. The van der Waals surface area contributed by atoms with Crippen LogP contribution in [0, 0.1) is 0 Å². The van der Waals surface area contributed by atoms with Gasteiger partial charge in [0.05, 0.1) is 44.7 Å². The number of nitrogens with zero attached hydrogens (tertiary/aromatic N) is 6. The Hall–Kier alpha value is -5.21. The summed E-state index contributed by atoms with van der Waals surface area (Å²) >= 11 is 0. The minimum atomic E-state index is -2.95. The second-order valence-electron chi connectivity index (χ2n) is 16.8. The lowest BCUT2D eigenvalue weighted by molar-refractivity contribution is 0.0356. The van der Waals surface area contributed by atoms with Gasteiger partial charge in [0.1, 0.15) is 11.6 Å². The van der Waals surface area contributed by atoms with Gasteiger partial charge in [-0.15, -0.1) is 0 Å². The molecule has 3 aliphatic rings. The van der Waals surface area contributed by atoms with E-state index in [-0.39, 0.29) is 23.4 Å². The van der Waals surface area contributed by atoms with Gasteiger partial charge in [-0.3, -0.25) is 4.90 Å². The van der Waals surface area contributed by atoms with Gasteiger partial charge in [0, 0.05) is 68.5 Å². The van der Waals surface area contributed by atoms with Crippen molar-refractivity contribution < 1.29 is 28.9 Å². The maximum atomic E-state index is 12.6. The van der Waals surface area contributed by atoms with E-state index >= 15 is 0 Å². The molecule has 2 saturated heterocycles. The van der Waals surface area contributed by atoms with Gasteiger partial charge in [0.2, 0.25) is 0 Å². The molecule has 1 amide bonds. The summed E-state index contributed by atoms with van der Waals surface area (Å²) in [5.41, 5.74) is 2.85. The highest BCUT2D eigenvalue weighted by atomic mass is 28.4. The molecule has 1 atom stereocenters. The first-order chi connectivity index (χ1) is 28.6. The van der Waals surface area contributed by atoms with Crippen LogP contribution >= 0.6 is 0 Å². The lowest BCUT2D eigenvalue weighted by Crippen LogP contribution is -2.68. The minimum absolute atomic E-state index is 0.220. The number of amides is 1. The summed E-state index contributed by atoms with van der Waals surface area (Å²) in [6.45, 7) is 14.0. The average Bonchev–Trinajstić information content (AvgIpc) is 3.25. The molecule has 0 bridgehead atoms. The number of piperazine rings is 1. The number of anilines is 2. The number of rotatable bonds is 12.